The van der Waals surface area contributed by atoms with E-state index < -0.39 is 0 Å². The summed E-state index contributed by atoms with van der Waals surface area (Å²) >= 11 is 10.0. The molecule has 4 rings (SSSR count). The monoisotopic (exact) mass is 442 g/mol. The van der Waals surface area contributed by atoms with Crippen molar-refractivity contribution in [1.82, 2.24) is 20.5 Å². The summed E-state index contributed by atoms with van der Waals surface area (Å²) < 4.78 is 6.96. The molecule has 0 saturated carbocycles. The molecule has 0 aromatic carbocycles. The minimum absolute atomic E-state index is 0.624. The molecule has 0 fully saturated rings. The Morgan fingerprint density at radius 3 is 1.62 bits per heavy atom. The summed E-state index contributed by atoms with van der Waals surface area (Å²) in [6.07, 6.45) is 0. The van der Waals surface area contributed by atoms with E-state index in [0.717, 1.165) is 17.3 Å². The first-order chi connectivity index (χ1) is 10.2. The van der Waals surface area contributed by atoms with Gasteiger partial charge in [0, 0.05) is 0 Å². The average molecular weight is 444 g/mol. The van der Waals surface area contributed by atoms with Gasteiger partial charge in [0.25, 0.3) is 0 Å². The van der Waals surface area contributed by atoms with E-state index in [9.17, 15) is 0 Å². The topological polar surface area (TPSA) is 64.7 Å². The van der Waals surface area contributed by atoms with Crippen LogP contribution in [0.3, 0.4) is 0 Å². The largest absolute Gasteiger partial charge is 0.243 e. The highest BCUT2D eigenvalue weighted by atomic mass is 79.9. The number of thiophene rings is 2. The molecule has 0 aliphatic rings. The third-order valence-corrected chi connectivity index (χ3v) is 6.06. The molecule has 104 valence electrons. The highest BCUT2D eigenvalue weighted by molar-refractivity contribution is 9.11. The maximum absolute atomic E-state index is 4.91. The van der Waals surface area contributed by atoms with Gasteiger partial charge in [-0.3, -0.25) is 0 Å². The number of hydrogen-bond donors (Lipinski definition) is 0. The number of fused-ring (bicyclic) bond motifs is 1. The maximum Gasteiger partial charge on any atom is 0.166 e. The minimum atomic E-state index is 0.624. The number of halogens is 2. The third kappa shape index (κ3) is 2.33. The lowest BCUT2D eigenvalue weighted by Crippen LogP contribution is -1.92. The third-order valence-electron chi connectivity index (χ3n) is 2.80. The van der Waals surface area contributed by atoms with E-state index in [1.165, 1.54) is 0 Å². The van der Waals surface area contributed by atoms with Gasteiger partial charge in [-0.2, -0.15) is 0 Å². The molecule has 5 nitrogen and oxygen atoms in total. The van der Waals surface area contributed by atoms with E-state index in [1.807, 2.05) is 24.3 Å². The van der Waals surface area contributed by atoms with Crippen molar-refractivity contribution >= 4 is 65.6 Å². The molecule has 0 aliphatic heterocycles. The van der Waals surface area contributed by atoms with Crippen LogP contribution < -0.4 is 0 Å². The lowest BCUT2D eigenvalue weighted by molar-refractivity contribution is 0.315. The Morgan fingerprint density at radius 2 is 1.24 bits per heavy atom. The number of nitrogens with zero attached hydrogens (tertiary/aromatic N) is 4. The summed E-state index contributed by atoms with van der Waals surface area (Å²) in [5.41, 5.74) is 2.61. The molecule has 0 spiro atoms. The van der Waals surface area contributed by atoms with Crippen molar-refractivity contribution in [2.24, 2.45) is 0 Å². The predicted octanol–water partition coefficient (Wildman–Crippen LogP) is 4.99. The quantitative estimate of drug-likeness (QED) is 0.436. The molecule has 9 heteroatoms. The van der Waals surface area contributed by atoms with Crippen molar-refractivity contribution in [3.05, 3.63) is 31.8 Å². The maximum atomic E-state index is 4.91. The summed E-state index contributed by atoms with van der Waals surface area (Å²) in [4.78, 5) is 1.93. The number of aromatic nitrogens is 4. The lowest BCUT2D eigenvalue weighted by Gasteiger charge is -1.99. The smallest absolute Gasteiger partial charge is 0.166 e. The molecule has 0 unspecified atom stereocenters. The zero-order valence-corrected chi connectivity index (χ0v) is 14.9. The molecule has 0 atom stereocenters. The molecule has 4 aromatic heterocycles. The van der Waals surface area contributed by atoms with Gasteiger partial charge in [-0.05, 0) is 66.4 Å². The van der Waals surface area contributed by atoms with E-state index in [4.69, 9.17) is 4.63 Å². The second-order valence-electron chi connectivity index (χ2n) is 4.07. The molecule has 0 bridgehead atoms. The van der Waals surface area contributed by atoms with Crippen molar-refractivity contribution in [3.63, 3.8) is 0 Å². The van der Waals surface area contributed by atoms with Gasteiger partial charge in [0.1, 0.15) is 11.4 Å². The molecule has 0 radical (unpaired) electrons. The Morgan fingerprint density at radius 1 is 0.762 bits per heavy atom. The normalized spacial score (nSPS) is 11.3. The predicted molar refractivity (Wildman–Crippen MR) is 89.4 cm³/mol. The summed E-state index contributed by atoms with van der Waals surface area (Å²) in [6.45, 7) is 0. The van der Waals surface area contributed by atoms with Gasteiger partial charge in [0.2, 0.25) is 0 Å². The lowest BCUT2D eigenvalue weighted by atomic mass is 10.2. The zero-order chi connectivity index (χ0) is 14.4. The van der Waals surface area contributed by atoms with Crippen LogP contribution in [0.4, 0.5) is 0 Å². The van der Waals surface area contributed by atoms with E-state index in [1.54, 1.807) is 22.7 Å². The first-order valence-corrected chi connectivity index (χ1v) is 8.94. The van der Waals surface area contributed by atoms with Gasteiger partial charge in [-0.25, -0.2) is 4.63 Å². The molecule has 0 aliphatic carbocycles. The van der Waals surface area contributed by atoms with Crippen molar-refractivity contribution in [1.29, 1.82) is 0 Å². The fraction of sp³-hybridized carbons (Fsp3) is 0. The first-order valence-electron chi connectivity index (χ1n) is 5.73. The fourth-order valence-corrected chi connectivity index (χ4v) is 4.65. The molecule has 4 aromatic rings. The van der Waals surface area contributed by atoms with Gasteiger partial charge >= 0.3 is 0 Å². The van der Waals surface area contributed by atoms with Crippen LogP contribution in [0, 0.1) is 0 Å². The van der Waals surface area contributed by atoms with Crippen LogP contribution in [0.5, 0.6) is 0 Å². The van der Waals surface area contributed by atoms with Crippen LogP contribution in [0.25, 0.3) is 32.2 Å². The van der Waals surface area contributed by atoms with E-state index in [2.05, 4.69) is 52.4 Å². The Bertz CT molecular complexity index is 871. The zero-order valence-electron chi connectivity index (χ0n) is 10.1. The Hall–Kier alpha value is -1.16. The van der Waals surface area contributed by atoms with Crippen LogP contribution in [0.15, 0.2) is 36.5 Å². The Kier molecular flexibility index (Phi) is 3.37. The highest BCUT2D eigenvalue weighted by Crippen LogP contribution is 2.37. The standard InChI is InChI=1S/C12H4Br2N4OS2/c13-7-3-1-5(20-7)9-11-12(18-19-17-11)10(16-15-9)6-2-4-8(14)21-6/h1-4H. The van der Waals surface area contributed by atoms with E-state index in [0.29, 0.717) is 22.4 Å². The fourth-order valence-electron chi connectivity index (χ4n) is 1.91. The van der Waals surface area contributed by atoms with Crippen LogP contribution in [0.1, 0.15) is 0 Å². The summed E-state index contributed by atoms with van der Waals surface area (Å²) in [5.74, 6) is 0. The number of hydrogen-bond acceptors (Lipinski definition) is 7. The second kappa shape index (κ2) is 5.24. The van der Waals surface area contributed by atoms with Gasteiger partial charge in [0.05, 0.1) is 17.3 Å². The SMILES string of the molecule is Brc1ccc(-c2nnc(-c3ccc(Br)s3)c3nonc23)s1. The van der Waals surface area contributed by atoms with Crippen LogP contribution in [-0.2, 0) is 0 Å². The van der Waals surface area contributed by atoms with Crippen LogP contribution in [0.2, 0.25) is 0 Å². The summed E-state index contributed by atoms with van der Waals surface area (Å²) in [7, 11) is 0. The Labute approximate surface area is 143 Å². The molecule has 0 N–H and O–H groups in total. The van der Waals surface area contributed by atoms with E-state index in [-0.39, 0.29) is 0 Å². The molecule has 21 heavy (non-hydrogen) atoms. The van der Waals surface area contributed by atoms with Crippen molar-refractivity contribution < 1.29 is 4.63 Å². The molecule has 0 saturated heterocycles. The summed E-state index contributed by atoms with van der Waals surface area (Å²) in [5, 5.41) is 16.6. The van der Waals surface area contributed by atoms with Crippen LogP contribution >= 0.6 is 54.5 Å². The van der Waals surface area contributed by atoms with Gasteiger partial charge in [-0.1, -0.05) is 0 Å². The molecule has 4 heterocycles. The molecule has 0 amide bonds. The number of rotatable bonds is 2. The van der Waals surface area contributed by atoms with Crippen molar-refractivity contribution in [2.45, 2.75) is 0 Å². The van der Waals surface area contributed by atoms with E-state index >= 15 is 0 Å². The highest BCUT2D eigenvalue weighted by Gasteiger charge is 2.19. The van der Waals surface area contributed by atoms with Crippen LogP contribution in [-0.4, -0.2) is 20.5 Å². The summed E-state index contributed by atoms with van der Waals surface area (Å²) in [6, 6.07) is 7.86. The molecular weight excluding hydrogens is 440 g/mol. The van der Waals surface area contributed by atoms with Gasteiger partial charge < -0.3 is 0 Å². The second-order valence-corrected chi connectivity index (χ2v) is 8.99. The Balaban J connectivity index is 1.96. The van der Waals surface area contributed by atoms with Crippen molar-refractivity contribution in [3.8, 4) is 21.1 Å². The minimum Gasteiger partial charge on any atom is -0.243 e. The van der Waals surface area contributed by atoms with Gasteiger partial charge in [-0.15, -0.1) is 32.9 Å². The van der Waals surface area contributed by atoms with Gasteiger partial charge in [0.15, 0.2) is 11.0 Å². The average Bonchev–Trinajstić information content (AvgIpc) is 3.18. The van der Waals surface area contributed by atoms with Crippen molar-refractivity contribution in [2.75, 3.05) is 0 Å². The molecular formula is C12H4Br2N4OS2. The first kappa shape index (κ1) is 13.5.